The molecular weight excluding hydrogens is 653 g/mol. The average Bonchev–Trinajstić information content (AvgIpc) is 3.76. The molecule has 0 bridgehead atoms. The van der Waals surface area contributed by atoms with Crippen LogP contribution in [0.4, 0.5) is 4.39 Å². The molecule has 3 aliphatic heterocycles. The fourth-order valence-electron chi connectivity index (χ4n) is 7.15. The predicted octanol–water partition coefficient (Wildman–Crippen LogP) is 4.30. The number of nitrogens with one attached hydrogen (secondary N) is 2. The predicted molar refractivity (Wildman–Crippen MR) is 189 cm³/mol. The summed E-state index contributed by atoms with van der Waals surface area (Å²) in [5, 5.41) is 6.49. The molecular formula is C38H42FN7O5. The maximum Gasteiger partial charge on any atom is 0.237 e. The third-order valence-corrected chi connectivity index (χ3v) is 10.00. The summed E-state index contributed by atoms with van der Waals surface area (Å²) in [6.45, 7) is 7.86. The van der Waals surface area contributed by atoms with Crippen molar-refractivity contribution in [3.63, 3.8) is 0 Å². The summed E-state index contributed by atoms with van der Waals surface area (Å²) in [5.41, 5.74) is 5.63. The topological polar surface area (TPSA) is 131 Å². The molecule has 3 aliphatic rings. The number of carbonyl (C=O) groups is 2. The minimum atomic E-state index is -0.419. The molecule has 0 radical (unpaired) electrons. The van der Waals surface area contributed by atoms with Gasteiger partial charge in [0.2, 0.25) is 23.6 Å². The number of halogens is 1. The van der Waals surface area contributed by atoms with Crippen LogP contribution in [0.25, 0.3) is 33.6 Å². The Kier molecular flexibility index (Phi) is 9.83. The van der Waals surface area contributed by atoms with Gasteiger partial charge in [-0.3, -0.25) is 19.5 Å². The molecule has 5 heterocycles. The van der Waals surface area contributed by atoms with Gasteiger partial charge in [-0.25, -0.2) is 14.4 Å². The van der Waals surface area contributed by atoms with Crippen molar-refractivity contribution in [3.8, 4) is 51.2 Å². The summed E-state index contributed by atoms with van der Waals surface area (Å²) in [6, 6.07) is 12.9. The molecule has 0 spiro atoms. The molecule has 2 atom stereocenters. The second-order valence-corrected chi connectivity index (χ2v) is 13.1. The number of hydrogen-bond acceptors (Lipinski definition) is 10. The third-order valence-electron chi connectivity index (χ3n) is 10.00. The quantitative estimate of drug-likeness (QED) is 0.248. The fourth-order valence-corrected chi connectivity index (χ4v) is 7.15. The minimum absolute atomic E-state index is 0.0769. The number of fused-ring (bicyclic) bond motifs is 1. The zero-order valence-corrected chi connectivity index (χ0v) is 29.3. The molecule has 0 aliphatic carbocycles. The van der Waals surface area contributed by atoms with Crippen LogP contribution >= 0.6 is 0 Å². The first-order valence-corrected chi connectivity index (χ1v) is 17.3. The van der Waals surface area contributed by atoms with Gasteiger partial charge in [-0.15, -0.1) is 0 Å². The summed E-state index contributed by atoms with van der Waals surface area (Å²) in [5.74, 6) is 1.21. The number of hydrogen-bond donors (Lipinski definition) is 2. The van der Waals surface area contributed by atoms with Crippen LogP contribution in [0.5, 0.6) is 17.5 Å². The Morgan fingerprint density at radius 2 is 1.71 bits per heavy atom. The number of piperazine rings is 1. The van der Waals surface area contributed by atoms with E-state index in [0.29, 0.717) is 90.5 Å². The minimum Gasteiger partial charge on any atom is -0.491 e. The van der Waals surface area contributed by atoms with Gasteiger partial charge in [-0.2, -0.15) is 0 Å². The fraction of sp³-hybridized carbons (Fsp3) is 0.395. The smallest absolute Gasteiger partial charge is 0.237 e. The zero-order chi connectivity index (χ0) is 35.6. The molecule has 2 amide bonds. The summed E-state index contributed by atoms with van der Waals surface area (Å²) in [6.07, 6.45) is 2.93. The van der Waals surface area contributed by atoms with Crippen LogP contribution in [0.2, 0.25) is 0 Å². The lowest BCUT2D eigenvalue weighted by atomic mass is 9.92. The van der Waals surface area contributed by atoms with Crippen LogP contribution in [0.1, 0.15) is 42.6 Å². The maximum atomic E-state index is 16.5. The van der Waals surface area contributed by atoms with Crippen molar-refractivity contribution in [2.45, 2.75) is 45.3 Å². The van der Waals surface area contributed by atoms with E-state index in [-0.39, 0.29) is 23.9 Å². The molecule has 266 valence electrons. The Morgan fingerprint density at radius 1 is 1.00 bits per heavy atom. The standard InChI is InChI=1S/C38H42FN7O5/c1-22-25(7-5-8-26(22)29-17-33-35(38(43-29)50-4)32(21-51-33)40-18-24-11-12-34(48)42-24)27-9-6-10-28(36(27)39)30-19-41-31(37(44-30)49-3)20-45-13-15-46(16-14-45)23(2)47/h5-10,17,19,24,32,40H,11-16,18,20-21H2,1-4H3,(H,42,48)/t24-,32-/m0/s1. The van der Waals surface area contributed by atoms with Gasteiger partial charge in [0.15, 0.2) is 0 Å². The van der Waals surface area contributed by atoms with E-state index < -0.39 is 5.82 Å². The van der Waals surface area contributed by atoms with Crippen LogP contribution in [-0.2, 0) is 16.1 Å². The normalized spacial score (nSPS) is 18.7. The highest BCUT2D eigenvalue weighted by atomic mass is 19.1. The van der Waals surface area contributed by atoms with E-state index in [1.807, 2.05) is 42.2 Å². The van der Waals surface area contributed by atoms with Crippen molar-refractivity contribution in [3.05, 3.63) is 71.3 Å². The second-order valence-electron chi connectivity index (χ2n) is 13.1. The molecule has 7 rings (SSSR count). The summed E-state index contributed by atoms with van der Waals surface area (Å²) in [4.78, 5) is 41.6. The van der Waals surface area contributed by atoms with E-state index in [2.05, 4.69) is 25.5 Å². The van der Waals surface area contributed by atoms with E-state index in [4.69, 9.17) is 19.2 Å². The molecule has 2 N–H and O–H groups in total. The molecule has 4 aromatic rings. The van der Waals surface area contributed by atoms with E-state index in [1.54, 1.807) is 32.4 Å². The van der Waals surface area contributed by atoms with E-state index in [0.717, 1.165) is 36.2 Å². The van der Waals surface area contributed by atoms with E-state index in [9.17, 15) is 9.59 Å². The van der Waals surface area contributed by atoms with E-state index in [1.165, 1.54) is 7.11 Å². The number of methoxy groups -OCH3 is 2. The number of ether oxygens (including phenoxy) is 3. The van der Waals surface area contributed by atoms with Crippen molar-refractivity contribution in [1.29, 1.82) is 0 Å². The molecule has 2 saturated heterocycles. The Labute approximate surface area is 296 Å². The van der Waals surface area contributed by atoms with Gasteiger partial charge >= 0.3 is 0 Å². The molecule has 12 nitrogen and oxygen atoms in total. The zero-order valence-electron chi connectivity index (χ0n) is 29.3. The van der Waals surface area contributed by atoms with Crippen molar-refractivity contribution < 1.29 is 28.2 Å². The van der Waals surface area contributed by atoms with Gasteiger partial charge in [0.1, 0.15) is 23.9 Å². The van der Waals surface area contributed by atoms with Gasteiger partial charge < -0.3 is 29.7 Å². The Hall–Kier alpha value is -5.14. The van der Waals surface area contributed by atoms with Gasteiger partial charge in [0.05, 0.1) is 43.4 Å². The number of benzene rings is 2. The monoisotopic (exact) mass is 695 g/mol. The van der Waals surface area contributed by atoms with Crippen LogP contribution in [-0.4, -0.2) is 96.2 Å². The average molecular weight is 696 g/mol. The molecule has 0 unspecified atom stereocenters. The van der Waals surface area contributed by atoms with Gasteiger partial charge in [0.25, 0.3) is 0 Å². The lowest BCUT2D eigenvalue weighted by Gasteiger charge is -2.34. The van der Waals surface area contributed by atoms with E-state index >= 15 is 4.39 Å². The highest BCUT2D eigenvalue weighted by molar-refractivity contribution is 5.81. The molecule has 51 heavy (non-hydrogen) atoms. The number of nitrogens with zero attached hydrogens (tertiary/aromatic N) is 5. The highest BCUT2D eigenvalue weighted by Gasteiger charge is 2.32. The number of carbonyl (C=O) groups excluding carboxylic acids is 2. The Morgan fingerprint density at radius 3 is 2.41 bits per heavy atom. The van der Waals surface area contributed by atoms with Crippen molar-refractivity contribution >= 4 is 11.8 Å². The largest absolute Gasteiger partial charge is 0.491 e. The lowest BCUT2D eigenvalue weighted by Crippen LogP contribution is -2.47. The maximum absolute atomic E-state index is 16.5. The van der Waals surface area contributed by atoms with Crippen LogP contribution in [0.15, 0.2) is 48.7 Å². The van der Waals surface area contributed by atoms with Crippen LogP contribution in [0, 0.1) is 12.7 Å². The molecule has 0 saturated carbocycles. The molecule has 2 aromatic carbocycles. The molecule has 13 heteroatoms. The first-order valence-electron chi connectivity index (χ1n) is 17.3. The first-order chi connectivity index (χ1) is 24.7. The summed E-state index contributed by atoms with van der Waals surface area (Å²) < 4.78 is 34.0. The van der Waals surface area contributed by atoms with Crippen molar-refractivity contribution in [2.24, 2.45) is 0 Å². The third kappa shape index (κ3) is 6.95. The van der Waals surface area contributed by atoms with Crippen molar-refractivity contribution in [1.82, 2.24) is 35.4 Å². The summed E-state index contributed by atoms with van der Waals surface area (Å²) >= 11 is 0. The lowest BCUT2D eigenvalue weighted by molar-refractivity contribution is -0.130. The van der Waals surface area contributed by atoms with Gasteiger partial charge in [-0.05, 0) is 30.5 Å². The summed E-state index contributed by atoms with van der Waals surface area (Å²) in [7, 11) is 3.12. The SMILES string of the molecule is COc1nc(-c2cccc(-c3cccc(-c4cc5c(c(OC)n4)[C@@H](NC[C@@H]4CCC(=O)N4)CO5)c3C)c2F)cnc1CN1CCN(C(C)=O)CC1. The Bertz CT molecular complexity index is 1970. The number of pyridine rings is 1. The molecule has 2 aromatic heterocycles. The number of amides is 2. The van der Waals surface area contributed by atoms with Gasteiger partial charge in [0, 0.05) is 81.4 Å². The molecule has 2 fully saturated rings. The van der Waals surface area contributed by atoms with Gasteiger partial charge in [-0.1, -0.05) is 30.3 Å². The Balaban J connectivity index is 1.14. The van der Waals surface area contributed by atoms with Crippen molar-refractivity contribution in [2.75, 3.05) is 53.6 Å². The number of aromatic nitrogens is 3. The first kappa shape index (κ1) is 34.3. The highest BCUT2D eigenvalue weighted by Crippen LogP contribution is 2.43. The van der Waals surface area contributed by atoms with Crippen LogP contribution in [0.3, 0.4) is 0 Å². The van der Waals surface area contributed by atoms with Crippen LogP contribution < -0.4 is 24.8 Å². The number of rotatable bonds is 10. The second kappa shape index (κ2) is 14.6.